The van der Waals surface area contributed by atoms with E-state index >= 15 is 0 Å². The van der Waals surface area contributed by atoms with Crippen molar-refractivity contribution in [3.05, 3.63) is 36.0 Å². The summed E-state index contributed by atoms with van der Waals surface area (Å²) in [5, 5.41) is 6.75. The van der Waals surface area contributed by atoms with Crippen molar-refractivity contribution >= 4 is 28.7 Å². The number of carbonyl (C=O) groups excluding carboxylic acids is 2. The highest BCUT2D eigenvalue weighted by Crippen LogP contribution is 2.22. The predicted molar refractivity (Wildman–Crippen MR) is 118 cm³/mol. The third-order valence-corrected chi connectivity index (χ3v) is 4.83. The zero-order valence-corrected chi connectivity index (χ0v) is 18.2. The van der Waals surface area contributed by atoms with E-state index in [9.17, 15) is 9.59 Å². The molecule has 2 aromatic rings. The average Bonchev–Trinajstić information content (AvgIpc) is 2.67. The minimum absolute atomic E-state index is 0.238. The van der Waals surface area contributed by atoms with Crippen molar-refractivity contribution in [1.82, 2.24) is 20.1 Å². The van der Waals surface area contributed by atoms with Crippen LogP contribution in [0.25, 0.3) is 10.9 Å². The van der Waals surface area contributed by atoms with E-state index in [1.54, 1.807) is 4.90 Å². The maximum Gasteiger partial charge on any atom is 0.410 e. The molecule has 2 heterocycles. The highest BCUT2D eigenvalue weighted by atomic mass is 16.6. The minimum atomic E-state index is -0.482. The Morgan fingerprint density at radius 1 is 1.13 bits per heavy atom. The molecule has 1 aliphatic heterocycles. The third kappa shape index (κ3) is 6.06. The number of nitrogens with one attached hydrogen (secondary N) is 2. The number of aryl methyl sites for hydroxylation is 1. The van der Waals surface area contributed by atoms with E-state index in [-0.39, 0.29) is 12.1 Å². The molecule has 2 N–H and O–H groups in total. The Morgan fingerprint density at radius 2 is 1.83 bits per heavy atom. The molecule has 0 spiro atoms. The van der Waals surface area contributed by atoms with E-state index < -0.39 is 5.60 Å². The smallest absolute Gasteiger partial charge is 0.410 e. The van der Waals surface area contributed by atoms with Crippen LogP contribution in [0.4, 0.5) is 15.3 Å². The molecular formula is C22H31N5O3. The normalized spacial score (nSPS) is 15.1. The van der Waals surface area contributed by atoms with Gasteiger partial charge in [-0.05, 0) is 39.8 Å². The first-order valence-electron chi connectivity index (χ1n) is 10.3. The van der Waals surface area contributed by atoms with Gasteiger partial charge in [0.15, 0.2) is 0 Å². The molecule has 1 fully saturated rings. The molecular weight excluding hydrogens is 382 g/mol. The quantitative estimate of drug-likeness (QED) is 0.804. The lowest BCUT2D eigenvalue weighted by Crippen LogP contribution is -2.51. The fraction of sp³-hybridized carbons (Fsp3) is 0.500. The summed E-state index contributed by atoms with van der Waals surface area (Å²) in [5.74, 6) is 0. The van der Waals surface area contributed by atoms with Gasteiger partial charge in [-0.1, -0.05) is 18.2 Å². The van der Waals surface area contributed by atoms with E-state index in [2.05, 4.69) is 20.5 Å². The summed E-state index contributed by atoms with van der Waals surface area (Å²) >= 11 is 0. The van der Waals surface area contributed by atoms with Gasteiger partial charge in [-0.2, -0.15) is 0 Å². The van der Waals surface area contributed by atoms with Crippen LogP contribution in [0.15, 0.2) is 30.3 Å². The molecule has 8 nitrogen and oxygen atoms in total. The van der Waals surface area contributed by atoms with Gasteiger partial charge in [0.2, 0.25) is 0 Å². The number of urea groups is 1. The number of rotatable bonds is 4. The lowest BCUT2D eigenvalue weighted by molar-refractivity contribution is 0.0147. The zero-order chi connectivity index (χ0) is 21.7. The number of hydrogen-bond donors (Lipinski definition) is 2. The van der Waals surface area contributed by atoms with Gasteiger partial charge in [0.25, 0.3) is 0 Å². The highest BCUT2D eigenvalue weighted by molar-refractivity contribution is 6.00. The summed E-state index contributed by atoms with van der Waals surface area (Å²) in [5.41, 5.74) is 1.98. The van der Waals surface area contributed by atoms with E-state index in [0.717, 1.165) is 41.9 Å². The third-order valence-electron chi connectivity index (χ3n) is 4.83. The summed E-state index contributed by atoms with van der Waals surface area (Å²) in [6.07, 6.45) is -0.264. The molecule has 3 amide bonds. The Bertz CT molecular complexity index is 901. The Kier molecular flexibility index (Phi) is 6.77. The number of ether oxygens (including phenoxy) is 1. The van der Waals surface area contributed by atoms with Crippen LogP contribution in [0.5, 0.6) is 0 Å². The number of carbonyl (C=O) groups is 2. The van der Waals surface area contributed by atoms with Crippen molar-refractivity contribution in [3.8, 4) is 0 Å². The highest BCUT2D eigenvalue weighted by Gasteiger charge is 2.25. The van der Waals surface area contributed by atoms with E-state index in [1.165, 1.54) is 0 Å². The number of piperazine rings is 1. The summed E-state index contributed by atoms with van der Waals surface area (Å²) < 4.78 is 5.42. The van der Waals surface area contributed by atoms with Crippen LogP contribution < -0.4 is 10.6 Å². The second kappa shape index (κ2) is 9.30. The predicted octanol–water partition coefficient (Wildman–Crippen LogP) is 3.22. The Morgan fingerprint density at radius 3 is 2.53 bits per heavy atom. The van der Waals surface area contributed by atoms with Crippen LogP contribution in [0, 0.1) is 6.92 Å². The first-order valence-corrected chi connectivity index (χ1v) is 10.3. The van der Waals surface area contributed by atoms with E-state index in [4.69, 9.17) is 4.74 Å². The second-order valence-electron chi connectivity index (χ2n) is 8.52. The number of para-hydroxylation sites is 1. The van der Waals surface area contributed by atoms with E-state index in [0.29, 0.717) is 19.6 Å². The molecule has 0 radical (unpaired) electrons. The molecule has 0 unspecified atom stereocenters. The molecule has 1 aliphatic rings. The van der Waals surface area contributed by atoms with Gasteiger partial charge in [-0.25, -0.2) is 9.59 Å². The van der Waals surface area contributed by atoms with Crippen molar-refractivity contribution in [2.75, 3.05) is 44.6 Å². The molecule has 1 aromatic carbocycles. The van der Waals surface area contributed by atoms with Crippen molar-refractivity contribution in [3.63, 3.8) is 0 Å². The molecule has 0 saturated carbocycles. The summed E-state index contributed by atoms with van der Waals surface area (Å²) in [4.78, 5) is 32.9. The van der Waals surface area contributed by atoms with Crippen LogP contribution in [-0.4, -0.2) is 71.8 Å². The Hall–Kier alpha value is -2.87. The molecule has 3 rings (SSSR count). The summed E-state index contributed by atoms with van der Waals surface area (Å²) in [6.45, 7) is 11.6. The fourth-order valence-corrected chi connectivity index (χ4v) is 3.39. The van der Waals surface area contributed by atoms with Crippen molar-refractivity contribution in [2.45, 2.75) is 33.3 Å². The molecule has 1 aromatic heterocycles. The topological polar surface area (TPSA) is 86.8 Å². The van der Waals surface area contributed by atoms with Gasteiger partial charge in [-0.15, -0.1) is 0 Å². The average molecular weight is 414 g/mol. The number of amides is 3. The lowest BCUT2D eigenvalue weighted by atomic mass is 10.1. The van der Waals surface area contributed by atoms with Crippen LogP contribution >= 0.6 is 0 Å². The molecule has 1 saturated heterocycles. The van der Waals surface area contributed by atoms with Crippen LogP contribution in [0.1, 0.15) is 26.5 Å². The number of benzene rings is 1. The van der Waals surface area contributed by atoms with Crippen molar-refractivity contribution in [2.24, 2.45) is 0 Å². The van der Waals surface area contributed by atoms with Gasteiger partial charge in [0.05, 0.1) is 11.2 Å². The van der Waals surface area contributed by atoms with Gasteiger partial charge < -0.3 is 20.3 Å². The number of fused-ring (bicyclic) bond motifs is 1. The standard InChI is InChI=1S/C22H31N5O3/c1-16-15-19(17-7-5-6-8-18(17)24-16)25-20(28)23-9-10-26-11-13-27(14-12-26)21(29)30-22(2,3)4/h5-8,15H,9-14H2,1-4H3,(H2,23,24,25,28). The zero-order valence-electron chi connectivity index (χ0n) is 18.2. The SMILES string of the molecule is Cc1cc(NC(=O)NCCN2CCN(C(=O)OC(C)(C)C)CC2)c2ccccc2n1. The lowest BCUT2D eigenvalue weighted by Gasteiger charge is -2.35. The second-order valence-corrected chi connectivity index (χ2v) is 8.52. The van der Waals surface area contributed by atoms with Crippen LogP contribution in [0.3, 0.4) is 0 Å². The minimum Gasteiger partial charge on any atom is -0.444 e. The summed E-state index contributed by atoms with van der Waals surface area (Å²) in [7, 11) is 0. The van der Waals surface area contributed by atoms with Gasteiger partial charge in [0, 0.05) is 50.3 Å². The Labute approximate surface area is 177 Å². The molecule has 8 heteroatoms. The first kappa shape index (κ1) is 21.8. The maximum atomic E-state index is 12.4. The number of anilines is 1. The van der Waals surface area contributed by atoms with Crippen molar-refractivity contribution < 1.29 is 14.3 Å². The fourth-order valence-electron chi connectivity index (χ4n) is 3.39. The molecule has 30 heavy (non-hydrogen) atoms. The number of pyridine rings is 1. The molecule has 162 valence electrons. The Balaban J connectivity index is 1.42. The van der Waals surface area contributed by atoms with Crippen LogP contribution in [-0.2, 0) is 4.74 Å². The molecule has 0 bridgehead atoms. The molecule has 0 atom stereocenters. The van der Waals surface area contributed by atoms with E-state index in [1.807, 2.05) is 58.0 Å². The first-order chi connectivity index (χ1) is 14.2. The maximum absolute atomic E-state index is 12.4. The summed E-state index contributed by atoms with van der Waals surface area (Å²) in [6, 6.07) is 9.38. The monoisotopic (exact) mass is 413 g/mol. The molecule has 0 aliphatic carbocycles. The van der Waals surface area contributed by atoms with Crippen molar-refractivity contribution in [1.29, 1.82) is 0 Å². The number of hydrogen-bond acceptors (Lipinski definition) is 5. The number of nitrogens with zero attached hydrogens (tertiary/aromatic N) is 3. The van der Waals surface area contributed by atoms with Gasteiger partial charge in [-0.3, -0.25) is 9.88 Å². The largest absolute Gasteiger partial charge is 0.444 e. The van der Waals surface area contributed by atoms with Crippen LogP contribution in [0.2, 0.25) is 0 Å². The van der Waals surface area contributed by atoms with Gasteiger partial charge in [0.1, 0.15) is 5.60 Å². The van der Waals surface area contributed by atoms with Gasteiger partial charge >= 0.3 is 12.1 Å². The number of aromatic nitrogens is 1.